The van der Waals surface area contributed by atoms with E-state index in [4.69, 9.17) is 10.5 Å². The van der Waals surface area contributed by atoms with E-state index in [0.717, 1.165) is 18.7 Å². The van der Waals surface area contributed by atoms with Crippen LogP contribution in [0.5, 0.6) is 0 Å². The normalized spacial score (nSPS) is 23.1. The zero-order valence-corrected chi connectivity index (χ0v) is 14.9. The Labute approximate surface area is 140 Å². The van der Waals surface area contributed by atoms with Gasteiger partial charge in [-0.15, -0.1) is 24.0 Å². The summed E-state index contributed by atoms with van der Waals surface area (Å²) in [5.41, 5.74) is 5.89. The Bertz CT molecular complexity index is 437. The third-order valence-corrected chi connectivity index (χ3v) is 3.94. The quantitative estimate of drug-likeness (QED) is 0.451. The van der Waals surface area contributed by atoms with E-state index in [1.807, 2.05) is 28.7 Å². The third kappa shape index (κ3) is 4.57. The molecule has 1 saturated heterocycles. The lowest BCUT2D eigenvalue weighted by Gasteiger charge is -2.32. The van der Waals surface area contributed by atoms with Crippen molar-refractivity contribution in [2.45, 2.75) is 25.6 Å². The van der Waals surface area contributed by atoms with Gasteiger partial charge in [-0.1, -0.05) is 0 Å². The Hall–Kier alpha value is -0.380. The molecule has 0 aliphatic carbocycles. The number of morpholine rings is 1. The summed E-state index contributed by atoms with van der Waals surface area (Å²) < 4.78 is 5.46. The van der Waals surface area contributed by atoms with Gasteiger partial charge >= 0.3 is 0 Å². The number of guanidine groups is 1. The highest BCUT2D eigenvalue weighted by molar-refractivity contribution is 14.0. The van der Waals surface area contributed by atoms with Gasteiger partial charge in [0.25, 0.3) is 0 Å². The molecule has 1 aromatic heterocycles. The van der Waals surface area contributed by atoms with Crippen LogP contribution in [0.25, 0.3) is 0 Å². The summed E-state index contributed by atoms with van der Waals surface area (Å²) in [6, 6.07) is 1.91. The molecule has 2 heterocycles. The second-order valence-electron chi connectivity index (χ2n) is 5.09. The third-order valence-electron chi connectivity index (χ3n) is 3.26. The Morgan fingerprint density at radius 3 is 3.05 bits per heavy atom. The smallest absolute Gasteiger partial charge is 0.191 e. The zero-order chi connectivity index (χ0) is 13.9. The monoisotopic (exact) mass is 411 g/mol. The molecule has 2 atom stereocenters. The van der Waals surface area contributed by atoms with Gasteiger partial charge in [-0.25, -0.2) is 4.99 Å². The van der Waals surface area contributed by atoms with Gasteiger partial charge in [0.1, 0.15) is 5.60 Å². The van der Waals surface area contributed by atoms with Crippen LogP contribution < -0.4 is 5.73 Å². The van der Waals surface area contributed by atoms with Crippen LogP contribution in [0.1, 0.15) is 19.4 Å². The van der Waals surface area contributed by atoms with Crippen LogP contribution in [0.3, 0.4) is 0 Å². The summed E-state index contributed by atoms with van der Waals surface area (Å²) in [5, 5.41) is 14.3. The van der Waals surface area contributed by atoms with E-state index < -0.39 is 5.60 Å². The molecule has 1 aliphatic heterocycles. The molecule has 3 N–H and O–H groups in total. The van der Waals surface area contributed by atoms with E-state index in [1.165, 1.54) is 0 Å². The minimum Gasteiger partial charge on any atom is -0.383 e. The molecule has 0 aromatic carbocycles. The molecule has 114 valence electrons. The van der Waals surface area contributed by atoms with Crippen molar-refractivity contribution in [2.24, 2.45) is 10.7 Å². The van der Waals surface area contributed by atoms with Crippen molar-refractivity contribution in [3.63, 3.8) is 0 Å². The first-order chi connectivity index (χ1) is 8.99. The van der Waals surface area contributed by atoms with Crippen LogP contribution in [-0.4, -0.2) is 48.3 Å². The lowest BCUT2D eigenvalue weighted by Crippen LogP contribution is -2.48. The Morgan fingerprint density at radius 1 is 1.70 bits per heavy atom. The first-order valence-corrected chi connectivity index (χ1v) is 7.35. The minimum absolute atomic E-state index is 0. The molecule has 0 bridgehead atoms. The number of hydrogen-bond acceptors (Lipinski definition) is 4. The molecule has 1 aliphatic rings. The van der Waals surface area contributed by atoms with E-state index in [0.29, 0.717) is 12.6 Å². The maximum absolute atomic E-state index is 10.4. The van der Waals surface area contributed by atoms with Crippen molar-refractivity contribution >= 4 is 41.3 Å². The Kier molecular flexibility index (Phi) is 6.70. The lowest BCUT2D eigenvalue weighted by atomic mass is 10.00. The molecular formula is C13H22IN3O2S. The number of rotatable bonds is 3. The number of nitrogens with two attached hydrogens (primary N) is 1. The molecule has 1 fully saturated rings. The first kappa shape index (κ1) is 17.7. The van der Waals surface area contributed by atoms with Crippen molar-refractivity contribution in [1.29, 1.82) is 0 Å². The van der Waals surface area contributed by atoms with Crippen LogP contribution in [0.2, 0.25) is 0 Å². The largest absolute Gasteiger partial charge is 0.383 e. The maximum atomic E-state index is 10.4. The van der Waals surface area contributed by atoms with Crippen LogP contribution >= 0.6 is 35.3 Å². The van der Waals surface area contributed by atoms with E-state index in [1.54, 1.807) is 18.3 Å². The molecule has 2 rings (SSSR count). The highest BCUT2D eigenvalue weighted by Crippen LogP contribution is 2.23. The van der Waals surface area contributed by atoms with E-state index in [-0.39, 0.29) is 36.6 Å². The molecule has 5 nitrogen and oxygen atoms in total. The molecule has 0 saturated carbocycles. The lowest BCUT2D eigenvalue weighted by molar-refractivity contribution is 0.00498. The molecule has 20 heavy (non-hydrogen) atoms. The van der Waals surface area contributed by atoms with Gasteiger partial charge in [0, 0.05) is 13.1 Å². The second-order valence-corrected chi connectivity index (χ2v) is 5.87. The predicted molar refractivity (Wildman–Crippen MR) is 92.8 cm³/mol. The molecule has 2 unspecified atom stereocenters. The van der Waals surface area contributed by atoms with Gasteiger partial charge in [-0.3, -0.25) is 0 Å². The molecule has 7 heteroatoms. The van der Waals surface area contributed by atoms with Crippen LogP contribution in [0, 0.1) is 0 Å². The number of nitrogens with zero attached hydrogens (tertiary/aromatic N) is 2. The molecule has 1 aromatic rings. The standard InChI is InChI=1S/C13H21N3O2S.HI/c1-10-7-16(4-5-18-10)12(14)15-9-13(2,17)11-3-6-19-8-11;/h3,6,8,10,17H,4-5,7,9H2,1-2H3,(H2,14,15);1H. The van der Waals surface area contributed by atoms with Crippen molar-refractivity contribution in [1.82, 2.24) is 4.90 Å². The van der Waals surface area contributed by atoms with Crippen LogP contribution in [0.4, 0.5) is 0 Å². The van der Waals surface area contributed by atoms with Gasteiger partial charge in [0.15, 0.2) is 5.96 Å². The van der Waals surface area contributed by atoms with Gasteiger partial charge in [0.2, 0.25) is 0 Å². The topological polar surface area (TPSA) is 71.1 Å². The summed E-state index contributed by atoms with van der Waals surface area (Å²) in [4.78, 5) is 6.33. The van der Waals surface area contributed by atoms with Crippen LogP contribution in [-0.2, 0) is 10.3 Å². The fourth-order valence-electron chi connectivity index (χ4n) is 2.02. The van der Waals surface area contributed by atoms with Gasteiger partial charge in [-0.05, 0) is 36.2 Å². The zero-order valence-electron chi connectivity index (χ0n) is 11.8. The summed E-state index contributed by atoms with van der Waals surface area (Å²) >= 11 is 1.56. The number of aliphatic imine (C=N–C) groups is 1. The Morgan fingerprint density at radius 2 is 2.45 bits per heavy atom. The number of aliphatic hydroxyl groups is 1. The Balaban J connectivity index is 0.00000200. The van der Waals surface area contributed by atoms with Gasteiger partial charge in [0.05, 0.1) is 19.3 Å². The second kappa shape index (κ2) is 7.58. The SMILES string of the molecule is CC1CN(C(N)=NCC(C)(O)c2ccsc2)CCO1.I. The van der Waals surface area contributed by atoms with Crippen molar-refractivity contribution in [2.75, 3.05) is 26.2 Å². The highest BCUT2D eigenvalue weighted by atomic mass is 127. The highest BCUT2D eigenvalue weighted by Gasteiger charge is 2.24. The average molecular weight is 411 g/mol. The molecular weight excluding hydrogens is 389 g/mol. The number of hydrogen-bond donors (Lipinski definition) is 2. The molecule has 0 amide bonds. The van der Waals surface area contributed by atoms with Crippen molar-refractivity contribution in [3.8, 4) is 0 Å². The van der Waals surface area contributed by atoms with Gasteiger partial charge in [-0.2, -0.15) is 11.3 Å². The maximum Gasteiger partial charge on any atom is 0.191 e. The first-order valence-electron chi connectivity index (χ1n) is 6.40. The minimum atomic E-state index is -0.970. The summed E-state index contributed by atoms with van der Waals surface area (Å²) in [7, 11) is 0. The predicted octanol–water partition coefficient (Wildman–Crippen LogP) is 1.61. The number of ether oxygens (including phenoxy) is 1. The van der Waals surface area contributed by atoms with E-state index >= 15 is 0 Å². The number of thiophene rings is 1. The summed E-state index contributed by atoms with van der Waals surface area (Å²) in [5.74, 6) is 0.477. The molecule has 0 radical (unpaired) electrons. The van der Waals surface area contributed by atoms with E-state index in [2.05, 4.69) is 4.99 Å². The van der Waals surface area contributed by atoms with Crippen LogP contribution in [0.15, 0.2) is 21.8 Å². The summed E-state index contributed by atoms with van der Waals surface area (Å²) in [6.45, 7) is 6.20. The molecule has 0 spiro atoms. The fourth-order valence-corrected chi connectivity index (χ4v) is 2.81. The number of halogens is 1. The van der Waals surface area contributed by atoms with Crippen molar-refractivity contribution in [3.05, 3.63) is 22.4 Å². The van der Waals surface area contributed by atoms with E-state index in [9.17, 15) is 5.11 Å². The average Bonchev–Trinajstić information content (AvgIpc) is 2.90. The summed E-state index contributed by atoms with van der Waals surface area (Å²) in [6.07, 6.45) is 0.167. The fraction of sp³-hybridized carbons (Fsp3) is 0.615. The van der Waals surface area contributed by atoms with Gasteiger partial charge < -0.3 is 20.5 Å². The van der Waals surface area contributed by atoms with Crippen molar-refractivity contribution < 1.29 is 9.84 Å².